The molecule has 1 aromatic rings. The molecule has 1 heterocycles. The number of furan rings is 1. The first kappa shape index (κ1) is 18.6. The summed E-state index contributed by atoms with van der Waals surface area (Å²) in [5, 5.41) is 0. The minimum Gasteiger partial charge on any atom is -0.472 e. The summed E-state index contributed by atoms with van der Waals surface area (Å²) in [5.74, 6) is 0.313. The Morgan fingerprint density at radius 1 is 1.40 bits per heavy atom. The van der Waals surface area contributed by atoms with Crippen LogP contribution in [0.3, 0.4) is 0 Å². The third kappa shape index (κ3) is 3.06. The van der Waals surface area contributed by atoms with Crippen LogP contribution in [0.4, 0.5) is 0 Å². The molecule has 2 atom stereocenters. The van der Waals surface area contributed by atoms with Gasteiger partial charge in [0.1, 0.15) is 5.78 Å². The molecule has 0 amide bonds. The third-order valence-electron chi connectivity index (χ3n) is 6.45. The van der Waals surface area contributed by atoms with Crippen molar-refractivity contribution >= 4 is 15.8 Å². The number of ether oxygens (including phenoxy) is 1. The van der Waals surface area contributed by atoms with Gasteiger partial charge >= 0.3 is 0 Å². The van der Waals surface area contributed by atoms with Gasteiger partial charge in [-0.3, -0.25) is 4.79 Å². The molecule has 6 nitrogen and oxygen atoms in total. The van der Waals surface area contributed by atoms with Gasteiger partial charge in [0, 0.05) is 37.6 Å². The van der Waals surface area contributed by atoms with Crippen LogP contribution in [0, 0.1) is 16.7 Å². The monoisotopic (exact) mass is 369 g/mol. The minimum absolute atomic E-state index is 0.107. The van der Waals surface area contributed by atoms with E-state index in [0.717, 1.165) is 12.0 Å². The Kier molecular flexibility index (Phi) is 4.85. The van der Waals surface area contributed by atoms with Crippen LogP contribution in [0.2, 0.25) is 0 Å². The highest BCUT2D eigenvalue weighted by molar-refractivity contribution is 7.89. The molecule has 0 saturated heterocycles. The number of fused-ring (bicyclic) bond motifs is 2. The van der Waals surface area contributed by atoms with Crippen LogP contribution in [0.1, 0.15) is 38.7 Å². The fraction of sp³-hybridized carbons (Fsp3) is 0.722. The summed E-state index contributed by atoms with van der Waals surface area (Å²) in [6, 6.07) is 1.75. The highest BCUT2D eigenvalue weighted by Crippen LogP contribution is 2.64. The topological polar surface area (TPSA) is 76.8 Å². The molecule has 2 aliphatic rings. The predicted octanol–water partition coefficient (Wildman–Crippen LogP) is 2.45. The fourth-order valence-electron chi connectivity index (χ4n) is 4.61. The van der Waals surface area contributed by atoms with Crippen LogP contribution in [0.15, 0.2) is 23.0 Å². The molecular weight excluding hydrogens is 342 g/mol. The molecule has 0 unspecified atom stereocenters. The number of sulfonamides is 1. The van der Waals surface area contributed by atoms with Gasteiger partial charge in [0.25, 0.3) is 0 Å². The fourth-order valence-corrected chi connectivity index (χ4v) is 6.79. The van der Waals surface area contributed by atoms with E-state index < -0.39 is 15.4 Å². The number of hydrogen-bond acceptors (Lipinski definition) is 5. The maximum absolute atomic E-state index is 13.2. The van der Waals surface area contributed by atoms with Crippen molar-refractivity contribution in [2.24, 2.45) is 16.7 Å². The normalized spacial score (nSPS) is 28.2. The Bertz CT molecular complexity index is 725. The number of ketones is 1. The molecule has 140 valence electrons. The number of nitrogens with zero attached hydrogens (tertiary/aromatic N) is 1. The van der Waals surface area contributed by atoms with Crippen LogP contribution >= 0.6 is 0 Å². The van der Waals surface area contributed by atoms with Crippen molar-refractivity contribution in [3.8, 4) is 0 Å². The smallest absolute Gasteiger partial charge is 0.215 e. The van der Waals surface area contributed by atoms with Crippen molar-refractivity contribution in [3.63, 3.8) is 0 Å². The molecule has 2 saturated carbocycles. The highest BCUT2D eigenvalue weighted by Gasteiger charge is 2.65. The summed E-state index contributed by atoms with van der Waals surface area (Å²) in [4.78, 5) is 12.7. The standard InChI is InChI=1S/C18H27NO5S/c1-17(2)15-4-6-18(17,16(20)10-15)13-25(21,22)19(7-9-23-3)11-14-5-8-24-12-14/h5,8,12,15H,4,6-7,9-11,13H2,1-3H3/t15-,18-/m0/s1. The second-order valence-corrected chi connectivity index (χ2v) is 9.85. The summed E-state index contributed by atoms with van der Waals surface area (Å²) >= 11 is 0. The van der Waals surface area contributed by atoms with E-state index in [1.165, 1.54) is 10.6 Å². The second kappa shape index (κ2) is 6.52. The quantitative estimate of drug-likeness (QED) is 0.703. The summed E-state index contributed by atoms with van der Waals surface area (Å²) in [7, 11) is -2.06. The Labute approximate surface area is 149 Å². The lowest BCUT2D eigenvalue weighted by atomic mass is 9.70. The number of carbonyl (C=O) groups excluding carboxylic acids is 1. The molecular formula is C18H27NO5S. The number of hydrogen-bond donors (Lipinski definition) is 0. The van der Waals surface area contributed by atoms with Crippen LogP contribution in [-0.2, 0) is 26.1 Å². The van der Waals surface area contributed by atoms with E-state index >= 15 is 0 Å². The van der Waals surface area contributed by atoms with Gasteiger partial charge in [-0.2, -0.15) is 4.31 Å². The lowest BCUT2D eigenvalue weighted by Crippen LogP contribution is -2.47. The summed E-state index contributed by atoms with van der Waals surface area (Å²) < 4.78 is 38.0. The van der Waals surface area contributed by atoms with Crippen LogP contribution < -0.4 is 0 Å². The number of rotatable bonds is 8. The molecule has 0 radical (unpaired) electrons. The van der Waals surface area contributed by atoms with Gasteiger partial charge in [-0.05, 0) is 30.2 Å². The van der Waals surface area contributed by atoms with Crippen molar-refractivity contribution in [1.82, 2.24) is 4.31 Å². The summed E-state index contributed by atoms with van der Waals surface area (Å²) in [5.41, 5.74) is -0.226. The molecule has 25 heavy (non-hydrogen) atoms. The second-order valence-electron chi connectivity index (χ2n) is 7.88. The van der Waals surface area contributed by atoms with Crippen LogP contribution in [-0.4, -0.2) is 44.5 Å². The zero-order valence-corrected chi connectivity index (χ0v) is 16.0. The molecule has 2 bridgehead atoms. The van der Waals surface area contributed by atoms with E-state index in [-0.39, 0.29) is 30.0 Å². The average Bonchev–Trinajstić information content (AvgIpc) is 3.17. The predicted molar refractivity (Wildman–Crippen MR) is 93.3 cm³/mol. The maximum Gasteiger partial charge on any atom is 0.215 e. The van der Waals surface area contributed by atoms with E-state index in [0.29, 0.717) is 25.4 Å². The third-order valence-corrected chi connectivity index (χ3v) is 8.40. The molecule has 0 N–H and O–H groups in total. The van der Waals surface area contributed by atoms with Gasteiger partial charge in [0.05, 0.1) is 24.9 Å². The first-order chi connectivity index (χ1) is 11.7. The van der Waals surface area contributed by atoms with Crippen molar-refractivity contribution in [3.05, 3.63) is 24.2 Å². The first-order valence-corrected chi connectivity index (χ1v) is 10.3. The Morgan fingerprint density at radius 2 is 2.16 bits per heavy atom. The van der Waals surface area contributed by atoms with Gasteiger partial charge in [0.2, 0.25) is 10.0 Å². The molecule has 7 heteroatoms. The molecule has 2 fully saturated rings. The largest absolute Gasteiger partial charge is 0.472 e. The van der Waals surface area contributed by atoms with Crippen molar-refractivity contribution in [2.45, 2.75) is 39.7 Å². The van der Waals surface area contributed by atoms with Crippen LogP contribution in [0.25, 0.3) is 0 Å². The summed E-state index contributed by atoms with van der Waals surface area (Å²) in [6.45, 7) is 4.92. The zero-order valence-electron chi connectivity index (χ0n) is 15.2. The van der Waals surface area contributed by atoms with Crippen molar-refractivity contribution in [1.29, 1.82) is 0 Å². The van der Waals surface area contributed by atoms with E-state index in [4.69, 9.17) is 9.15 Å². The van der Waals surface area contributed by atoms with Gasteiger partial charge < -0.3 is 9.15 Å². The van der Waals surface area contributed by atoms with E-state index in [9.17, 15) is 13.2 Å². The Morgan fingerprint density at radius 3 is 2.68 bits per heavy atom. The van der Waals surface area contributed by atoms with Gasteiger partial charge in [0.15, 0.2) is 0 Å². The summed E-state index contributed by atoms with van der Waals surface area (Å²) in [6.07, 6.45) is 5.20. The van der Waals surface area contributed by atoms with E-state index in [1.54, 1.807) is 19.4 Å². The molecule has 2 aliphatic carbocycles. The van der Waals surface area contributed by atoms with Gasteiger partial charge in [-0.25, -0.2) is 8.42 Å². The molecule has 0 spiro atoms. The van der Waals surface area contributed by atoms with Crippen molar-refractivity contribution < 1.29 is 22.4 Å². The lowest BCUT2D eigenvalue weighted by molar-refractivity contribution is -0.128. The first-order valence-electron chi connectivity index (χ1n) is 8.74. The Hall–Kier alpha value is -1.18. The molecule has 0 aliphatic heterocycles. The lowest BCUT2D eigenvalue weighted by Gasteiger charge is -2.37. The SMILES string of the molecule is COCCN(Cc1ccoc1)S(=O)(=O)C[C@@]12CC[C@@H](CC1=O)C2(C)C. The van der Waals surface area contributed by atoms with E-state index in [2.05, 4.69) is 13.8 Å². The van der Waals surface area contributed by atoms with Crippen LogP contribution in [0.5, 0.6) is 0 Å². The van der Waals surface area contributed by atoms with Gasteiger partial charge in [-0.15, -0.1) is 0 Å². The zero-order chi connectivity index (χ0) is 18.3. The number of carbonyl (C=O) groups is 1. The number of Topliss-reactive ketones (excluding diaryl/α,β-unsaturated/α-hetero) is 1. The average molecular weight is 369 g/mol. The van der Waals surface area contributed by atoms with E-state index in [1.807, 2.05) is 0 Å². The number of methoxy groups -OCH3 is 1. The van der Waals surface area contributed by atoms with Gasteiger partial charge in [-0.1, -0.05) is 13.8 Å². The molecule has 0 aromatic carbocycles. The molecule has 3 rings (SSSR count). The highest BCUT2D eigenvalue weighted by atomic mass is 32.2. The minimum atomic E-state index is -3.61. The van der Waals surface area contributed by atoms with Crippen molar-refractivity contribution in [2.75, 3.05) is 26.0 Å². The molecule has 1 aromatic heterocycles. The maximum atomic E-state index is 13.2. The Balaban J connectivity index is 1.86.